The third kappa shape index (κ3) is 6.14. The molecule has 0 N–H and O–H groups in total. The highest BCUT2D eigenvalue weighted by atomic mass is 15.2. The van der Waals surface area contributed by atoms with Crippen LogP contribution in [0.5, 0.6) is 0 Å². The molecule has 9 rings (SSSR count). The van der Waals surface area contributed by atoms with Gasteiger partial charge >= 0.3 is 0 Å². The standard InChI is InChI=1S/C50H40N2/c1-3-17-43(18-4-1)51(49-23-11-15-41-13-7-9-21-47(41)49)45-33-29-39(30-34-45)37-25-27-38(28-26-37)40-31-35-46(36-32-40)52(44-19-5-2-6-20-44)50-24-12-16-42-14-8-10-22-48(42)50/h1-19,21-35,44,46H,20,36H2. The Labute approximate surface area is 306 Å². The predicted octanol–water partition coefficient (Wildman–Crippen LogP) is 13.2. The van der Waals surface area contributed by atoms with Crippen molar-refractivity contribution in [2.45, 2.75) is 24.9 Å². The summed E-state index contributed by atoms with van der Waals surface area (Å²) in [6.07, 6.45) is 18.1. The fourth-order valence-corrected chi connectivity index (χ4v) is 7.91. The van der Waals surface area contributed by atoms with E-state index in [1.54, 1.807) is 0 Å². The summed E-state index contributed by atoms with van der Waals surface area (Å²) in [6, 6.07) is 59.8. The normalized spacial score (nSPS) is 16.6. The molecule has 2 nitrogen and oxygen atoms in total. The minimum Gasteiger partial charge on any atom is -0.358 e. The topological polar surface area (TPSA) is 6.48 Å². The minimum atomic E-state index is 0.276. The van der Waals surface area contributed by atoms with Crippen molar-refractivity contribution in [3.8, 4) is 11.1 Å². The average molecular weight is 669 g/mol. The summed E-state index contributed by atoms with van der Waals surface area (Å²) in [5.41, 5.74) is 9.69. The summed E-state index contributed by atoms with van der Waals surface area (Å²) in [7, 11) is 0. The molecule has 0 aliphatic heterocycles. The Morgan fingerprint density at radius 1 is 0.423 bits per heavy atom. The summed E-state index contributed by atoms with van der Waals surface area (Å²) in [5.74, 6) is 0. The number of rotatable bonds is 8. The Balaban J connectivity index is 0.961. The van der Waals surface area contributed by atoms with Gasteiger partial charge < -0.3 is 9.80 Å². The van der Waals surface area contributed by atoms with Gasteiger partial charge in [0, 0.05) is 27.8 Å². The molecule has 0 saturated carbocycles. The third-order valence-corrected chi connectivity index (χ3v) is 10.5. The van der Waals surface area contributed by atoms with Crippen LogP contribution < -0.4 is 9.80 Å². The molecule has 2 unspecified atom stereocenters. The van der Waals surface area contributed by atoms with Crippen molar-refractivity contribution >= 4 is 49.9 Å². The zero-order chi connectivity index (χ0) is 34.7. The summed E-state index contributed by atoms with van der Waals surface area (Å²) >= 11 is 0. The number of benzene rings is 7. The second kappa shape index (κ2) is 14.1. The molecule has 0 saturated heterocycles. The first-order valence-corrected chi connectivity index (χ1v) is 18.3. The summed E-state index contributed by atoms with van der Waals surface area (Å²) < 4.78 is 0. The van der Waals surface area contributed by atoms with Crippen LogP contribution in [-0.4, -0.2) is 12.1 Å². The third-order valence-electron chi connectivity index (χ3n) is 10.5. The molecule has 7 aromatic rings. The molecule has 250 valence electrons. The second-order valence-electron chi connectivity index (χ2n) is 13.6. The van der Waals surface area contributed by atoms with Crippen LogP contribution in [0.1, 0.15) is 18.4 Å². The molecule has 0 spiro atoms. The van der Waals surface area contributed by atoms with Crippen molar-refractivity contribution < 1.29 is 0 Å². The quantitative estimate of drug-likeness (QED) is 0.159. The fraction of sp³-hybridized carbons (Fsp3) is 0.0800. The highest BCUT2D eigenvalue weighted by Crippen LogP contribution is 2.40. The lowest BCUT2D eigenvalue weighted by atomic mass is 9.92. The van der Waals surface area contributed by atoms with Crippen molar-refractivity contribution in [3.63, 3.8) is 0 Å². The number of allylic oxidation sites excluding steroid dienone is 4. The first kappa shape index (κ1) is 31.6. The lowest BCUT2D eigenvalue weighted by molar-refractivity contribution is 0.619. The van der Waals surface area contributed by atoms with E-state index in [2.05, 4.69) is 216 Å². The van der Waals surface area contributed by atoms with Crippen LogP contribution in [0.4, 0.5) is 22.7 Å². The van der Waals surface area contributed by atoms with Gasteiger partial charge in [-0.15, -0.1) is 0 Å². The van der Waals surface area contributed by atoms with Gasteiger partial charge in [0.2, 0.25) is 0 Å². The molecule has 0 bridgehead atoms. The van der Waals surface area contributed by atoms with E-state index in [0.29, 0.717) is 6.04 Å². The van der Waals surface area contributed by atoms with E-state index in [4.69, 9.17) is 0 Å². The Hall–Kier alpha value is -6.38. The summed E-state index contributed by atoms with van der Waals surface area (Å²) in [4.78, 5) is 4.98. The summed E-state index contributed by atoms with van der Waals surface area (Å²) in [6.45, 7) is 0. The van der Waals surface area contributed by atoms with Crippen LogP contribution in [0, 0.1) is 0 Å². The number of hydrogen-bond acceptors (Lipinski definition) is 2. The Morgan fingerprint density at radius 3 is 1.63 bits per heavy atom. The summed E-state index contributed by atoms with van der Waals surface area (Å²) in [5, 5.41) is 5.05. The van der Waals surface area contributed by atoms with Gasteiger partial charge in [0.1, 0.15) is 0 Å². The van der Waals surface area contributed by atoms with Gasteiger partial charge in [0.15, 0.2) is 0 Å². The smallest absolute Gasteiger partial charge is 0.0540 e. The molecular formula is C50H40N2. The van der Waals surface area contributed by atoms with Gasteiger partial charge in [-0.2, -0.15) is 0 Å². The first-order chi connectivity index (χ1) is 25.8. The van der Waals surface area contributed by atoms with E-state index in [1.165, 1.54) is 55.2 Å². The monoisotopic (exact) mass is 668 g/mol. The number of nitrogens with zero attached hydrogens (tertiary/aromatic N) is 2. The van der Waals surface area contributed by atoms with E-state index in [0.717, 1.165) is 24.2 Å². The molecule has 0 amide bonds. The number of para-hydroxylation sites is 1. The molecule has 0 fully saturated rings. The Kier molecular flexibility index (Phi) is 8.56. The van der Waals surface area contributed by atoms with Gasteiger partial charge in [0.05, 0.1) is 17.8 Å². The van der Waals surface area contributed by atoms with Crippen molar-refractivity contribution in [2.75, 3.05) is 9.80 Å². The van der Waals surface area contributed by atoms with Crippen LogP contribution in [0.25, 0.3) is 38.2 Å². The maximum atomic E-state index is 2.62. The lowest BCUT2D eigenvalue weighted by Gasteiger charge is -2.39. The first-order valence-electron chi connectivity index (χ1n) is 18.3. The van der Waals surface area contributed by atoms with Gasteiger partial charge in [-0.1, -0.05) is 170 Å². The Bertz CT molecular complexity index is 2460. The molecular weight excluding hydrogens is 629 g/mol. The number of fused-ring (bicyclic) bond motifs is 2. The highest BCUT2D eigenvalue weighted by molar-refractivity contribution is 5.99. The van der Waals surface area contributed by atoms with Crippen LogP contribution in [0.2, 0.25) is 0 Å². The fourth-order valence-electron chi connectivity index (χ4n) is 7.91. The van der Waals surface area contributed by atoms with Crippen molar-refractivity contribution in [1.29, 1.82) is 0 Å². The zero-order valence-corrected chi connectivity index (χ0v) is 29.1. The van der Waals surface area contributed by atoms with Crippen LogP contribution >= 0.6 is 0 Å². The van der Waals surface area contributed by atoms with Gasteiger partial charge in [-0.25, -0.2) is 0 Å². The van der Waals surface area contributed by atoms with Gasteiger partial charge in [-0.3, -0.25) is 0 Å². The predicted molar refractivity (Wildman–Crippen MR) is 223 cm³/mol. The van der Waals surface area contributed by atoms with E-state index in [9.17, 15) is 0 Å². The molecule has 2 atom stereocenters. The lowest BCUT2D eigenvalue weighted by Crippen LogP contribution is -2.42. The van der Waals surface area contributed by atoms with Crippen LogP contribution in [-0.2, 0) is 0 Å². The average Bonchev–Trinajstić information content (AvgIpc) is 3.23. The van der Waals surface area contributed by atoms with Crippen LogP contribution in [0.3, 0.4) is 0 Å². The number of hydrogen-bond donors (Lipinski definition) is 0. The van der Waals surface area contributed by atoms with E-state index in [1.807, 2.05) is 0 Å². The van der Waals surface area contributed by atoms with Crippen molar-refractivity contribution in [2.24, 2.45) is 0 Å². The molecule has 0 heterocycles. The molecule has 0 aromatic heterocycles. The maximum Gasteiger partial charge on any atom is 0.0540 e. The Morgan fingerprint density at radius 2 is 0.981 bits per heavy atom. The zero-order valence-electron chi connectivity index (χ0n) is 29.1. The molecule has 2 heteroatoms. The van der Waals surface area contributed by atoms with Crippen LogP contribution in [0.15, 0.2) is 206 Å². The highest BCUT2D eigenvalue weighted by Gasteiger charge is 2.26. The van der Waals surface area contributed by atoms with E-state index < -0.39 is 0 Å². The number of anilines is 4. The minimum absolute atomic E-state index is 0.276. The van der Waals surface area contributed by atoms with E-state index in [-0.39, 0.29) is 6.04 Å². The SMILES string of the molecule is C1=CCC(N(c2cccc3ccccc23)C2C=CC(c3ccc(-c4ccc(N(c5ccccc5)c5cccc6ccccc56)cc4)cc3)=CC2)C=C1. The van der Waals surface area contributed by atoms with Crippen molar-refractivity contribution in [1.82, 2.24) is 0 Å². The van der Waals surface area contributed by atoms with Crippen molar-refractivity contribution in [3.05, 3.63) is 212 Å². The largest absolute Gasteiger partial charge is 0.358 e. The molecule has 52 heavy (non-hydrogen) atoms. The molecule has 7 aromatic carbocycles. The van der Waals surface area contributed by atoms with Gasteiger partial charge in [0.25, 0.3) is 0 Å². The maximum absolute atomic E-state index is 2.62. The van der Waals surface area contributed by atoms with E-state index >= 15 is 0 Å². The molecule has 2 aliphatic carbocycles. The molecule has 0 radical (unpaired) electrons. The second-order valence-corrected chi connectivity index (χ2v) is 13.6. The van der Waals surface area contributed by atoms with Gasteiger partial charge in [-0.05, 0) is 82.3 Å². The molecule has 2 aliphatic rings.